The summed E-state index contributed by atoms with van der Waals surface area (Å²) in [5.41, 5.74) is 0. The Labute approximate surface area is 147 Å². The first-order valence-electron chi connectivity index (χ1n) is 10.4. The number of hydrogen-bond acceptors (Lipinski definition) is 3. The molecule has 0 radical (unpaired) electrons. The summed E-state index contributed by atoms with van der Waals surface area (Å²) >= 11 is 0. The van der Waals surface area contributed by atoms with Gasteiger partial charge in [0.2, 0.25) is 5.91 Å². The van der Waals surface area contributed by atoms with E-state index in [1.807, 2.05) is 0 Å². The Morgan fingerprint density at radius 3 is 2.62 bits per heavy atom. The van der Waals surface area contributed by atoms with Gasteiger partial charge in [0, 0.05) is 38.7 Å². The molecule has 0 unspecified atom stereocenters. The maximum atomic E-state index is 12.9. The highest BCUT2D eigenvalue weighted by Crippen LogP contribution is 2.26. The van der Waals surface area contributed by atoms with Crippen molar-refractivity contribution < 1.29 is 9.53 Å². The molecule has 0 spiro atoms. The average Bonchev–Trinajstić information content (AvgIpc) is 2.87. The molecule has 2 heterocycles. The lowest BCUT2D eigenvalue weighted by Crippen LogP contribution is -2.42. The minimum atomic E-state index is 0.202. The van der Waals surface area contributed by atoms with Crippen LogP contribution in [0.5, 0.6) is 0 Å². The largest absolute Gasteiger partial charge is 0.378 e. The summed E-state index contributed by atoms with van der Waals surface area (Å²) in [6, 6.07) is 0. The highest BCUT2D eigenvalue weighted by Gasteiger charge is 2.31. The zero-order chi connectivity index (χ0) is 16.8. The van der Waals surface area contributed by atoms with E-state index in [0.717, 1.165) is 57.8 Å². The minimum Gasteiger partial charge on any atom is -0.378 e. The fraction of sp³-hybridized carbons (Fsp3) is 0.950. The van der Waals surface area contributed by atoms with Crippen molar-refractivity contribution in [1.29, 1.82) is 0 Å². The first-order valence-corrected chi connectivity index (χ1v) is 10.4. The van der Waals surface area contributed by atoms with Crippen LogP contribution in [0.1, 0.15) is 64.7 Å². The average molecular weight is 337 g/mol. The van der Waals surface area contributed by atoms with E-state index in [-0.39, 0.29) is 5.92 Å². The maximum Gasteiger partial charge on any atom is 0.225 e. The molecule has 3 rings (SSSR count). The molecule has 2 aliphatic heterocycles. The Balaban J connectivity index is 1.46. The van der Waals surface area contributed by atoms with Gasteiger partial charge in [-0.15, -0.1) is 0 Å². The monoisotopic (exact) mass is 336 g/mol. The lowest BCUT2D eigenvalue weighted by atomic mass is 9.89. The standard InChI is InChI=1S/C20H36N2O2/c1-2-19-15-18(9-14-24-19)20(23)22-11-6-10-21(12-13-22)16-17-7-4-3-5-8-17/h17-19H,2-16H2,1H3/t18-,19+/m1/s1. The van der Waals surface area contributed by atoms with Crippen molar-refractivity contribution in [2.75, 3.05) is 39.3 Å². The summed E-state index contributed by atoms with van der Waals surface area (Å²) in [4.78, 5) is 17.7. The van der Waals surface area contributed by atoms with Crippen LogP contribution in [0.3, 0.4) is 0 Å². The fourth-order valence-corrected chi connectivity index (χ4v) is 4.76. The molecule has 0 aromatic rings. The van der Waals surface area contributed by atoms with E-state index in [1.165, 1.54) is 45.2 Å². The van der Waals surface area contributed by atoms with Crippen molar-refractivity contribution in [3.63, 3.8) is 0 Å². The molecule has 1 saturated carbocycles. The van der Waals surface area contributed by atoms with Gasteiger partial charge in [-0.3, -0.25) is 4.79 Å². The molecule has 0 aromatic heterocycles. The number of ether oxygens (including phenoxy) is 1. The summed E-state index contributed by atoms with van der Waals surface area (Å²) in [5.74, 6) is 1.51. The quantitative estimate of drug-likeness (QED) is 0.789. The number of carbonyl (C=O) groups is 1. The number of nitrogens with zero attached hydrogens (tertiary/aromatic N) is 2. The minimum absolute atomic E-state index is 0.202. The van der Waals surface area contributed by atoms with Gasteiger partial charge in [-0.2, -0.15) is 0 Å². The molecule has 1 amide bonds. The first kappa shape index (κ1) is 18.2. The van der Waals surface area contributed by atoms with E-state index in [0.29, 0.717) is 12.0 Å². The molecule has 4 nitrogen and oxygen atoms in total. The molecule has 24 heavy (non-hydrogen) atoms. The molecule has 3 aliphatic rings. The lowest BCUT2D eigenvalue weighted by molar-refractivity contribution is -0.140. The number of hydrogen-bond donors (Lipinski definition) is 0. The van der Waals surface area contributed by atoms with E-state index in [9.17, 15) is 4.79 Å². The van der Waals surface area contributed by atoms with Gasteiger partial charge in [0.15, 0.2) is 0 Å². The maximum absolute atomic E-state index is 12.9. The van der Waals surface area contributed by atoms with Gasteiger partial charge >= 0.3 is 0 Å². The molecule has 0 bridgehead atoms. The zero-order valence-corrected chi connectivity index (χ0v) is 15.5. The Morgan fingerprint density at radius 2 is 1.83 bits per heavy atom. The van der Waals surface area contributed by atoms with E-state index in [4.69, 9.17) is 4.74 Å². The Kier molecular flexibility index (Phi) is 6.96. The molecular weight excluding hydrogens is 300 g/mol. The van der Waals surface area contributed by atoms with Crippen molar-refractivity contribution in [3.8, 4) is 0 Å². The SMILES string of the molecule is CC[C@H]1C[C@H](C(=O)N2CCCN(CC3CCCCC3)CC2)CCO1. The first-order chi connectivity index (χ1) is 11.8. The van der Waals surface area contributed by atoms with Crippen LogP contribution in [0.4, 0.5) is 0 Å². The third-order valence-corrected chi connectivity index (χ3v) is 6.31. The van der Waals surface area contributed by atoms with Crippen LogP contribution in [0.2, 0.25) is 0 Å². The van der Waals surface area contributed by atoms with Crippen molar-refractivity contribution in [1.82, 2.24) is 9.80 Å². The van der Waals surface area contributed by atoms with Gasteiger partial charge in [0.1, 0.15) is 0 Å². The van der Waals surface area contributed by atoms with E-state index < -0.39 is 0 Å². The second kappa shape index (κ2) is 9.19. The van der Waals surface area contributed by atoms with Crippen LogP contribution in [0, 0.1) is 11.8 Å². The number of carbonyl (C=O) groups excluding carboxylic acids is 1. The van der Waals surface area contributed by atoms with Gasteiger partial charge < -0.3 is 14.5 Å². The van der Waals surface area contributed by atoms with Gasteiger partial charge in [-0.25, -0.2) is 0 Å². The smallest absolute Gasteiger partial charge is 0.225 e. The van der Waals surface area contributed by atoms with Crippen LogP contribution < -0.4 is 0 Å². The summed E-state index contributed by atoms with van der Waals surface area (Å²) < 4.78 is 5.74. The van der Waals surface area contributed by atoms with Crippen LogP contribution >= 0.6 is 0 Å². The summed E-state index contributed by atoms with van der Waals surface area (Å²) in [7, 11) is 0. The summed E-state index contributed by atoms with van der Waals surface area (Å²) in [5, 5.41) is 0. The Hall–Kier alpha value is -0.610. The molecule has 2 saturated heterocycles. The number of amides is 1. The van der Waals surface area contributed by atoms with Crippen molar-refractivity contribution in [3.05, 3.63) is 0 Å². The predicted octanol–water partition coefficient (Wildman–Crippen LogP) is 3.31. The predicted molar refractivity (Wildman–Crippen MR) is 97.0 cm³/mol. The molecule has 4 heteroatoms. The fourth-order valence-electron chi connectivity index (χ4n) is 4.76. The summed E-state index contributed by atoms with van der Waals surface area (Å²) in [6.07, 6.45) is 11.4. The Bertz CT molecular complexity index is 395. The highest BCUT2D eigenvalue weighted by atomic mass is 16.5. The van der Waals surface area contributed by atoms with Gasteiger partial charge in [0.25, 0.3) is 0 Å². The molecule has 0 aromatic carbocycles. The van der Waals surface area contributed by atoms with Crippen molar-refractivity contribution in [2.45, 2.75) is 70.8 Å². The van der Waals surface area contributed by atoms with E-state index in [2.05, 4.69) is 16.7 Å². The molecule has 1 aliphatic carbocycles. The van der Waals surface area contributed by atoms with Crippen molar-refractivity contribution >= 4 is 5.91 Å². The topological polar surface area (TPSA) is 32.8 Å². The molecule has 138 valence electrons. The van der Waals surface area contributed by atoms with Crippen LogP contribution in [0.25, 0.3) is 0 Å². The molecule has 0 N–H and O–H groups in total. The second-order valence-corrected chi connectivity index (χ2v) is 8.11. The normalized spacial score (nSPS) is 31.0. The summed E-state index contributed by atoms with van der Waals surface area (Å²) in [6.45, 7) is 8.31. The molecule has 2 atom stereocenters. The molecular formula is C20H36N2O2. The van der Waals surface area contributed by atoms with E-state index in [1.54, 1.807) is 0 Å². The lowest BCUT2D eigenvalue weighted by Gasteiger charge is -2.32. The van der Waals surface area contributed by atoms with Crippen LogP contribution in [0.15, 0.2) is 0 Å². The van der Waals surface area contributed by atoms with Crippen molar-refractivity contribution in [2.24, 2.45) is 11.8 Å². The number of rotatable bonds is 4. The third kappa shape index (κ3) is 4.95. The van der Waals surface area contributed by atoms with E-state index >= 15 is 0 Å². The van der Waals surface area contributed by atoms with Gasteiger partial charge in [0.05, 0.1) is 6.10 Å². The van der Waals surface area contributed by atoms with Gasteiger partial charge in [-0.05, 0) is 51.0 Å². The van der Waals surface area contributed by atoms with Gasteiger partial charge in [-0.1, -0.05) is 26.2 Å². The Morgan fingerprint density at radius 1 is 1.00 bits per heavy atom. The second-order valence-electron chi connectivity index (χ2n) is 8.11. The zero-order valence-electron chi connectivity index (χ0n) is 15.5. The van der Waals surface area contributed by atoms with Crippen LogP contribution in [-0.4, -0.2) is 61.1 Å². The highest BCUT2D eigenvalue weighted by molar-refractivity contribution is 5.79. The third-order valence-electron chi connectivity index (χ3n) is 6.31. The van der Waals surface area contributed by atoms with Crippen LogP contribution in [-0.2, 0) is 9.53 Å². The molecule has 3 fully saturated rings.